The zero-order chi connectivity index (χ0) is 12.6. The Labute approximate surface area is 99.5 Å². The lowest BCUT2D eigenvalue weighted by molar-refractivity contribution is -0.119. The first-order valence-corrected chi connectivity index (χ1v) is 5.72. The molecule has 2 heterocycles. The normalized spacial score (nSPS) is 12.3. The first-order chi connectivity index (χ1) is 7.92. The molecule has 0 radical (unpaired) electrons. The van der Waals surface area contributed by atoms with E-state index in [0.717, 1.165) is 4.90 Å². The van der Waals surface area contributed by atoms with Crippen molar-refractivity contribution in [3.8, 4) is 0 Å². The molecule has 2 aromatic rings. The second kappa shape index (κ2) is 4.19. The Bertz CT molecular complexity index is 516. The van der Waals surface area contributed by atoms with Crippen LogP contribution in [0.4, 0.5) is 19.0 Å². The van der Waals surface area contributed by atoms with Crippen molar-refractivity contribution in [1.82, 2.24) is 9.38 Å². The summed E-state index contributed by atoms with van der Waals surface area (Å²) in [6.45, 7) is -0.889. The molecule has 0 spiro atoms. The highest BCUT2D eigenvalue weighted by molar-refractivity contribution is 7.15. The van der Waals surface area contributed by atoms with Crippen molar-refractivity contribution >= 4 is 22.1 Å². The van der Waals surface area contributed by atoms with Crippen LogP contribution in [0.5, 0.6) is 0 Å². The summed E-state index contributed by atoms with van der Waals surface area (Å²) in [6.07, 6.45) is -2.50. The fourth-order valence-corrected chi connectivity index (χ4v) is 2.39. The van der Waals surface area contributed by atoms with E-state index in [4.69, 9.17) is 5.73 Å². The van der Waals surface area contributed by atoms with E-state index < -0.39 is 12.7 Å². The fourth-order valence-electron chi connectivity index (χ4n) is 1.66. The second-order valence-electron chi connectivity index (χ2n) is 3.61. The van der Waals surface area contributed by atoms with Gasteiger partial charge in [0.05, 0.1) is 5.69 Å². The maximum absolute atomic E-state index is 12.3. The van der Waals surface area contributed by atoms with Gasteiger partial charge in [0.15, 0.2) is 10.8 Å². The van der Waals surface area contributed by atoms with E-state index in [2.05, 4.69) is 4.98 Å². The Morgan fingerprint density at radius 2 is 2.24 bits per heavy atom. The number of imidazole rings is 1. The highest BCUT2D eigenvalue weighted by Gasteiger charge is 2.31. The molecule has 0 aliphatic heterocycles. The molecule has 0 bridgehead atoms. The minimum Gasteiger partial charge on any atom is -0.349 e. The number of nitrogens with zero attached hydrogens (tertiary/aromatic N) is 3. The average molecular weight is 264 g/mol. The summed E-state index contributed by atoms with van der Waals surface area (Å²) in [5, 5.41) is 1.81. The molecule has 94 valence electrons. The van der Waals surface area contributed by atoms with E-state index in [0.29, 0.717) is 10.7 Å². The van der Waals surface area contributed by atoms with Gasteiger partial charge in [0.25, 0.3) is 0 Å². The molecule has 0 saturated heterocycles. The quantitative estimate of drug-likeness (QED) is 0.920. The van der Waals surface area contributed by atoms with Gasteiger partial charge in [0, 0.05) is 25.2 Å². The number of fused-ring (bicyclic) bond motifs is 1. The second-order valence-corrected chi connectivity index (χ2v) is 4.49. The van der Waals surface area contributed by atoms with Gasteiger partial charge in [0.2, 0.25) is 0 Å². The molecule has 8 heteroatoms. The molecule has 17 heavy (non-hydrogen) atoms. The van der Waals surface area contributed by atoms with Crippen LogP contribution in [-0.4, -0.2) is 29.2 Å². The highest BCUT2D eigenvalue weighted by atomic mass is 32.1. The minimum absolute atomic E-state index is 0.148. The number of hydrogen-bond acceptors (Lipinski definition) is 4. The van der Waals surface area contributed by atoms with Crippen molar-refractivity contribution in [3.63, 3.8) is 0 Å². The van der Waals surface area contributed by atoms with Crippen LogP contribution in [0, 0.1) is 0 Å². The van der Waals surface area contributed by atoms with Crippen molar-refractivity contribution in [2.75, 3.05) is 18.5 Å². The Kier molecular flexibility index (Phi) is 3.00. The molecule has 0 aliphatic carbocycles. The maximum atomic E-state index is 12.3. The standard InChI is InChI=1S/C9H11F3N4S/c1-15(5-9(10,11)12)7-6(4-13)16-2-3-17-8(16)14-7/h2-3H,4-5,13H2,1H3. The zero-order valence-electron chi connectivity index (χ0n) is 9.03. The number of thiazole rings is 1. The predicted octanol–water partition coefficient (Wildman–Crippen LogP) is 1.85. The van der Waals surface area contributed by atoms with E-state index in [9.17, 15) is 13.2 Å². The number of anilines is 1. The SMILES string of the molecule is CN(CC(F)(F)F)c1nc2sccn2c1CN. The van der Waals surface area contributed by atoms with Gasteiger partial charge in [-0.15, -0.1) is 11.3 Å². The summed E-state index contributed by atoms with van der Waals surface area (Å²) in [5.74, 6) is 0.289. The van der Waals surface area contributed by atoms with Crippen LogP contribution >= 0.6 is 11.3 Å². The number of aromatic nitrogens is 2. The lowest BCUT2D eigenvalue weighted by Gasteiger charge is -2.19. The third-order valence-corrected chi connectivity index (χ3v) is 3.07. The van der Waals surface area contributed by atoms with Crippen LogP contribution in [0.25, 0.3) is 4.96 Å². The molecule has 2 N–H and O–H groups in total. The van der Waals surface area contributed by atoms with E-state index in [1.165, 1.54) is 18.4 Å². The molecule has 0 fully saturated rings. The number of halogens is 3. The smallest absolute Gasteiger partial charge is 0.349 e. The first-order valence-electron chi connectivity index (χ1n) is 4.85. The van der Waals surface area contributed by atoms with E-state index in [1.54, 1.807) is 10.6 Å². The van der Waals surface area contributed by atoms with Crippen molar-refractivity contribution in [1.29, 1.82) is 0 Å². The molecular formula is C9H11F3N4S. The number of alkyl halides is 3. The van der Waals surface area contributed by atoms with Gasteiger partial charge in [-0.2, -0.15) is 13.2 Å². The van der Waals surface area contributed by atoms with Gasteiger partial charge < -0.3 is 10.6 Å². The summed E-state index contributed by atoms with van der Waals surface area (Å²) >= 11 is 1.36. The van der Waals surface area contributed by atoms with Crippen molar-refractivity contribution in [2.24, 2.45) is 5.73 Å². The Morgan fingerprint density at radius 3 is 2.82 bits per heavy atom. The fraction of sp³-hybridized carbons (Fsp3) is 0.444. The summed E-state index contributed by atoms with van der Waals surface area (Å²) in [4.78, 5) is 5.87. The number of hydrogen-bond donors (Lipinski definition) is 1. The molecule has 4 nitrogen and oxygen atoms in total. The van der Waals surface area contributed by atoms with Crippen LogP contribution in [0.3, 0.4) is 0 Å². The van der Waals surface area contributed by atoms with Gasteiger partial charge in [-0.3, -0.25) is 4.40 Å². The topological polar surface area (TPSA) is 46.6 Å². The van der Waals surface area contributed by atoms with Gasteiger partial charge in [0.1, 0.15) is 6.54 Å². The van der Waals surface area contributed by atoms with Gasteiger partial charge in [-0.1, -0.05) is 0 Å². The largest absolute Gasteiger partial charge is 0.405 e. The molecule has 2 aromatic heterocycles. The molecule has 0 unspecified atom stereocenters. The summed E-state index contributed by atoms with van der Waals surface area (Å²) in [7, 11) is 1.36. The minimum atomic E-state index is -4.25. The van der Waals surface area contributed by atoms with Crippen molar-refractivity contribution < 1.29 is 13.2 Å². The van der Waals surface area contributed by atoms with Gasteiger partial charge in [-0.05, 0) is 0 Å². The summed E-state index contributed by atoms with van der Waals surface area (Å²) in [5.41, 5.74) is 6.15. The van der Waals surface area contributed by atoms with Gasteiger partial charge in [-0.25, -0.2) is 4.98 Å². The molecule has 0 aliphatic rings. The number of rotatable bonds is 3. The molecule has 0 atom stereocenters. The van der Waals surface area contributed by atoms with Gasteiger partial charge >= 0.3 is 6.18 Å². The van der Waals surface area contributed by atoms with Crippen LogP contribution in [-0.2, 0) is 6.54 Å². The number of nitrogens with two attached hydrogens (primary N) is 1. The van der Waals surface area contributed by atoms with Crippen molar-refractivity contribution in [2.45, 2.75) is 12.7 Å². The van der Waals surface area contributed by atoms with Crippen molar-refractivity contribution in [3.05, 3.63) is 17.3 Å². The van der Waals surface area contributed by atoms with Crippen LogP contribution in [0.15, 0.2) is 11.6 Å². The summed E-state index contributed by atoms with van der Waals surface area (Å²) in [6, 6.07) is 0. The summed E-state index contributed by atoms with van der Waals surface area (Å²) < 4.78 is 38.6. The Balaban J connectivity index is 2.37. The maximum Gasteiger partial charge on any atom is 0.405 e. The van der Waals surface area contributed by atoms with E-state index in [1.807, 2.05) is 5.38 Å². The third kappa shape index (κ3) is 2.37. The molecule has 0 saturated carbocycles. The molecule has 0 amide bonds. The highest BCUT2D eigenvalue weighted by Crippen LogP contribution is 2.26. The first kappa shape index (κ1) is 12.2. The lowest BCUT2D eigenvalue weighted by atomic mass is 10.4. The van der Waals surface area contributed by atoms with Crippen LogP contribution in [0.1, 0.15) is 5.69 Å². The monoisotopic (exact) mass is 264 g/mol. The Morgan fingerprint density at radius 1 is 1.53 bits per heavy atom. The Hall–Kier alpha value is -1.28. The van der Waals surface area contributed by atoms with E-state index in [-0.39, 0.29) is 12.4 Å². The average Bonchev–Trinajstić information content (AvgIpc) is 2.72. The lowest BCUT2D eigenvalue weighted by Crippen LogP contribution is -2.32. The van der Waals surface area contributed by atoms with Crippen LogP contribution in [0.2, 0.25) is 0 Å². The molecule has 2 rings (SSSR count). The molecule has 0 aromatic carbocycles. The predicted molar refractivity (Wildman–Crippen MR) is 60.3 cm³/mol. The molecular weight excluding hydrogens is 253 g/mol. The zero-order valence-corrected chi connectivity index (χ0v) is 9.85. The van der Waals surface area contributed by atoms with Crippen LogP contribution < -0.4 is 10.6 Å². The van der Waals surface area contributed by atoms with E-state index >= 15 is 0 Å². The third-order valence-electron chi connectivity index (χ3n) is 2.31.